The maximum absolute atomic E-state index is 12.8. The number of ether oxygens (including phenoxy) is 2. The smallest absolute Gasteiger partial charge is 0.251 e. The second-order valence-corrected chi connectivity index (χ2v) is 9.14. The fraction of sp³-hybridized carbons (Fsp3) is 0.296. The number of carbonyl (C=O) groups is 1. The minimum Gasteiger partial charge on any atom is -0.493 e. The number of carbonyl (C=O) groups excluding carboxylic acids is 1. The lowest BCUT2D eigenvalue weighted by molar-refractivity contribution is 0.0487. The molecule has 1 N–H and O–H groups in total. The lowest BCUT2D eigenvalue weighted by Gasteiger charge is -2.38. The molecule has 1 aliphatic heterocycles. The van der Waals surface area contributed by atoms with Gasteiger partial charge in [0.1, 0.15) is 5.75 Å². The predicted molar refractivity (Wildman–Crippen MR) is 130 cm³/mol. The zero-order valence-corrected chi connectivity index (χ0v) is 19.0. The molecule has 1 aliphatic rings. The summed E-state index contributed by atoms with van der Waals surface area (Å²) in [6, 6.07) is 28.1. The molecule has 4 nitrogen and oxygen atoms in total. The standard InChI is InChI=1S/C27H29NO3S/c29-26(28-21-27(15-17-30-18-16-27)23-7-3-1-4-8-23)22-11-13-24(14-12-22)31-19-20-32-25-9-5-2-6-10-25/h1-14H,15-21H2,(H,28,29). The highest BCUT2D eigenvalue weighted by Crippen LogP contribution is 2.34. The molecule has 0 atom stereocenters. The van der Waals surface area contributed by atoms with Gasteiger partial charge in [-0.2, -0.15) is 0 Å². The van der Waals surface area contributed by atoms with E-state index in [1.165, 1.54) is 10.5 Å². The minimum atomic E-state index is -0.0748. The van der Waals surface area contributed by atoms with Crippen LogP contribution in [-0.4, -0.2) is 38.0 Å². The summed E-state index contributed by atoms with van der Waals surface area (Å²) in [6.45, 7) is 2.67. The predicted octanol–water partition coefficient (Wildman–Crippen LogP) is 5.34. The van der Waals surface area contributed by atoms with Crippen molar-refractivity contribution < 1.29 is 14.3 Å². The summed E-state index contributed by atoms with van der Waals surface area (Å²) in [4.78, 5) is 14.0. The van der Waals surface area contributed by atoms with Gasteiger partial charge < -0.3 is 14.8 Å². The van der Waals surface area contributed by atoms with Gasteiger partial charge in [-0.3, -0.25) is 4.79 Å². The van der Waals surface area contributed by atoms with Gasteiger partial charge in [-0.1, -0.05) is 48.5 Å². The molecule has 1 saturated heterocycles. The molecule has 0 saturated carbocycles. The third kappa shape index (κ3) is 5.93. The first-order chi connectivity index (χ1) is 15.8. The van der Waals surface area contributed by atoms with Crippen molar-refractivity contribution in [2.75, 3.05) is 32.1 Å². The molecule has 1 heterocycles. The van der Waals surface area contributed by atoms with Crippen LogP contribution < -0.4 is 10.1 Å². The van der Waals surface area contributed by atoms with Gasteiger partial charge >= 0.3 is 0 Å². The molecule has 0 unspecified atom stereocenters. The van der Waals surface area contributed by atoms with Crippen LogP contribution in [0, 0.1) is 0 Å². The number of rotatable bonds is 9. The second-order valence-electron chi connectivity index (χ2n) is 7.98. The van der Waals surface area contributed by atoms with E-state index in [2.05, 4.69) is 41.7 Å². The second kappa shape index (κ2) is 11.2. The van der Waals surface area contributed by atoms with Crippen LogP contribution in [0.25, 0.3) is 0 Å². The molecule has 32 heavy (non-hydrogen) atoms. The molecule has 0 spiro atoms. The van der Waals surface area contributed by atoms with Crippen molar-refractivity contribution >= 4 is 17.7 Å². The number of hydrogen-bond donors (Lipinski definition) is 1. The highest BCUT2D eigenvalue weighted by atomic mass is 32.2. The van der Waals surface area contributed by atoms with Crippen LogP contribution in [0.15, 0.2) is 89.8 Å². The first-order valence-electron chi connectivity index (χ1n) is 11.1. The summed E-state index contributed by atoms with van der Waals surface area (Å²) in [6.07, 6.45) is 1.82. The van der Waals surface area contributed by atoms with Gasteiger partial charge in [0.25, 0.3) is 5.91 Å². The van der Waals surface area contributed by atoms with Crippen molar-refractivity contribution in [3.8, 4) is 5.75 Å². The van der Waals surface area contributed by atoms with E-state index in [4.69, 9.17) is 9.47 Å². The summed E-state index contributed by atoms with van der Waals surface area (Å²) >= 11 is 1.77. The van der Waals surface area contributed by atoms with Gasteiger partial charge in [-0.25, -0.2) is 0 Å². The summed E-state index contributed by atoms with van der Waals surface area (Å²) in [5, 5.41) is 3.16. The van der Waals surface area contributed by atoms with Gasteiger partial charge in [-0.15, -0.1) is 11.8 Å². The maximum atomic E-state index is 12.8. The van der Waals surface area contributed by atoms with Gasteiger partial charge in [0.05, 0.1) is 6.61 Å². The molecule has 166 valence electrons. The van der Waals surface area contributed by atoms with Crippen molar-refractivity contribution in [3.05, 3.63) is 96.1 Å². The summed E-state index contributed by atoms with van der Waals surface area (Å²) < 4.78 is 11.4. The van der Waals surface area contributed by atoms with E-state index in [0.717, 1.165) is 37.6 Å². The molecule has 1 amide bonds. The quantitative estimate of drug-likeness (QED) is 0.355. The number of nitrogens with one attached hydrogen (secondary N) is 1. The van der Waals surface area contributed by atoms with Crippen molar-refractivity contribution in [3.63, 3.8) is 0 Å². The van der Waals surface area contributed by atoms with Gasteiger partial charge in [-0.05, 0) is 54.8 Å². The fourth-order valence-electron chi connectivity index (χ4n) is 4.01. The van der Waals surface area contributed by atoms with Crippen LogP contribution in [0.4, 0.5) is 0 Å². The van der Waals surface area contributed by atoms with Crippen LogP contribution in [0.1, 0.15) is 28.8 Å². The van der Waals surface area contributed by atoms with E-state index in [-0.39, 0.29) is 11.3 Å². The Labute approximate surface area is 194 Å². The highest BCUT2D eigenvalue weighted by Gasteiger charge is 2.34. The van der Waals surface area contributed by atoms with Crippen LogP contribution >= 0.6 is 11.8 Å². The van der Waals surface area contributed by atoms with Crippen LogP contribution in [0.5, 0.6) is 5.75 Å². The number of thioether (sulfide) groups is 1. The Kier molecular flexibility index (Phi) is 7.86. The van der Waals surface area contributed by atoms with Crippen molar-refractivity contribution in [2.24, 2.45) is 0 Å². The number of amides is 1. The van der Waals surface area contributed by atoms with E-state index < -0.39 is 0 Å². The van der Waals surface area contributed by atoms with E-state index in [0.29, 0.717) is 18.7 Å². The van der Waals surface area contributed by atoms with Gasteiger partial charge in [0, 0.05) is 41.4 Å². The first-order valence-corrected chi connectivity index (χ1v) is 12.1. The third-order valence-electron chi connectivity index (χ3n) is 5.90. The van der Waals surface area contributed by atoms with Crippen molar-refractivity contribution in [2.45, 2.75) is 23.2 Å². The molecule has 3 aromatic carbocycles. The molecule has 0 bridgehead atoms. The largest absolute Gasteiger partial charge is 0.493 e. The van der Waals surface area contributed by atoms with Crippen LogP contribution in [0.2, 0.25) is 0 Å². The Bertz CT molecular complexity index is 971. The maximum Gasteiger partial charge on any atom is 0.251 e. The normalized spacial score (nSPS) is 15.1. The number of hydrogen-bond acceptors (Lipinski definition) is 4. The lowest BCUT2D eigenvalue weighted by atomic mass is 9.74. The third-order valence-corrected chi connectivity index (χ3v) is 6.88. The Morgan fingerprint density at radius 1 is 0.906 bits per heavy atom. The van der Waals surface area contributed by atoms with Crippen molar-refractivity contribution in [1.29, 1.82) is 0 Å². The zero-order valence-electron chi connectivity index (χ0n) is 18.2. The number of benzene rings is 3. The fourth-order valence-corrected chi connectivity index (χ4v) is 4.76. The van der Waals surface area contributed by atoms with E-state index in [1.54, 1.807) is 11.8 Å². The molecule has 5 heteroatoms. The summed E-state index contributed by atoms with van der Waals surface area (Å²) in [7, 11) is 0. The first kappa shape index (κ1) is 22.4. The average Bonchev–Trinajstić information content (AvgIpc) is 2.87. The van der Waals surface area contributed by atoms with Gasteiger partial charge in [0.2, 0.25) is 0 Å². The Balaban J connectivity index is 1.28. The molecule has 1 fully saturated rings. The minimum absolute atomic E-state index is 0.0574. The Hall–Kier alpha value is -2.76. The molecular formula is C27H29NO3S. The Morgan fingerprint density at radius 3 is 2.25 bits per heavy atom. The highest BCUT2D eigenvalue weighted by molar-refractivity contribution is 7.99. The average molecular weight is 448 g/mol. The van der Waals surface area contributed by atoms with E-state index in [9.17, 15) is 4.79 Å². The van der Waals surface area contributed by atoms with Gasteiger partial charge in [0.15, 0.2) is 0 Å². The van der Waals surface area contributed by atoms with Crippen molar-refractivity contribution in [1.82, 2.24) is 5.32 Å². The molecule has 3 aromatic rings. The molecule has 4 rings (SSSR count). The molecular weight excluding hydrogens is 418 g/mol. The summed E-state index contributed by atoms with van der Waals surface area (Å²) in [5.41, 5.74) is 1.83. The molecule has 0 aliphatic carbocycles. The molecule has 0 aromatic heterocycles. The summed E-state index contributed by atoms with van der Waals surface area (Å²) in [5.74, 6) is 1.59. The zero-order chi connectivity index (χ0) is 22.1. The lowest BCUT2D eigenvalue weighted by Crippen LogP contribution is -2.44. The van der Waals surface area contributed by atoms with E-state index in [1.807, 2.05) is 48.5 Å². The Morgan fingerprint density at radius 2 is 1.56 bits per heavy atom. The molecule has 0 radical (unpaired) electrons. The van der Waals surface area contributed by atoms with E-state index >= 15 is 0 Å². The van der Waals surface area contributed by atoms with Crippen LogP contribution in [-0.2, 0) is 10.2 Å². The monoisotopic (exact) mass is 447 g/mol. The SMILES string of the molecule is O=C(NCC1(c2ccccc2)CCOCC1)c1ccc(OCCSc2ccccc2)cc1. The topological polar surface area (TPSA) is 47.6 Å². The van der Waals surface area contributed by atoms with Crippen LogP contribution in [0.3, 0.4) is 0 Å².